The lowest BCUT2D eigenvalue weighted by atomic mass is 10.1. The molecule has 0 saturated carbocycles. The van der Waals surface area contributed by atoms with Gasteiger partial charge in [-0.1, -0.05) is 12.1 Å². The molecule has 28 heavy (non-hydrogen) atoms. The average Bonchev–Trinajstić information content (AvgIpc) is 2.73. The van der Waals surface area contributed by atoms with Crippen molar-refractivity contribution in [2.45, 2.75) is 32.1 Å². The maximum atomic E-state index is 12.4. The van der Waals surface area contributed by atoms with Gasteiger partial charge in [0.25, 0.3) is 0 Å². The lowest BCUT2D eigenvalue weighted by Gasteiger charge is -2.28. The van der Waals surface area contributed by atoms with Crippen LogP contribution in [0.4, 0.5) is 11.4 Å². The minimum Gasteiger partial charge on any atom is -0.497 e. The van der Waals surface area contributed by atoms with Gasteiger partial charge in [0.15, 0.2) is 0 Å². The Morgan fingerprint density at radius 2 is 1.86 bits per heavy atom. The Hall–Kier alpha value is -3.02. The highest BCUT2D eigenvalue weighted by molar-refractivity contribution is 5.97. The maximum absolute atomic E-state index is 12.4. The molecule has 6 nitrogen and oxygen atoms in total. The number of benzene rings is 2. The van der Waals surface area contributed by atoms with Gasteiger partial charge in [-0.25, -0.2) is 0 Å². The van der Waals surface area contributed by atoms with Gasteiger partial charge in [0, 0.05) is 25.1 Å². The summed E-state index contributed by atoms with van der Waals surface area (Å²) in [7, 11) is 3.21. The molecule has 0 atom stereocenters. The highest BCUT2D eigenvalue weighted by atomic mass is 16.5. The highest BCUT2D eigenvalue weighted by Crippen LogP contribution is 2.33. The van der Waals surface area contributed by atoms with Crippen LogP contribution in [-0.4, -0.2) is 32.6 Å². The zero-order valence-corrected chi connectivity index (χ0v) is 16.4. The minimum absolute atomic E-state index is 0.0723. The van der Waals surface area contributed by atoms with Gasteiger partial charge >= 0.3 is 0 Å². The average molecular weight is 382 g/mol. The zero-order chi connectivity index (χ0) is 19.9. The SMILES string of the molecule is COc1ccc(CCC(=O)Nc2ccc(OC)c(N3CCCCC3=O)c2)cc1. The molecule has 0 radical (unpaired) electrons. The van der Waals surface area contributed by atoms with E-state index in [2.05, 4.69) is 5.32 Å². The van der Waals surface area contributed by atoms with Crippen molar-refractivity contribution in [1.29, 1.82) is 0 Å². The van der Waals surface area contributed by atoms with Crippen molar-refractivity contribution in [3.63, 3.8) is 0 Å². The number of aryl methyl sites for hydroxylation is 1. The fourth-order valence-electron chi connectivity index (χ4n) is 3.31. The number of carbonyl (C=O) groups excluding carboxylic acids is 2. The van der Waals surface area contributed by atoms with E-state index in [1.807, 2.05) is 30.3 Å². The summed E-state index contributed by atoms with van der Waals surface area (Å²) in [5.41, 5.74) is 2.44. The topological polar surface area (TPSA) is 67.9 Å². The van der Waals surface area contributed by atoms with E-state index in [0.717, 1.165) is 24.2 Å². The van der Waals surface area contributed by atoms with Crippen LogP contribution in [0.3, 0.4) is 0 Å². The first kappa shape index (κ1) is 19.7. The van der Waals surface area contributed by atoms with E-state index < -0.39 is 0 Å². The quantitative estimate of drug-likeness (QED) is 0.791. The monoisotopic (exact) mass is 382 g/mol. The van der Waals surface area contributed by atoms with E-state index in [-0.39, 0.29) is 11.8 Å². The minimum atomic E-state index is -0.0723. The van der Waals surface area contributed by atoms with Gasteiger partial charge < -0.3 is 19.7 Å². The number of amides is 2. The van der Waals surface area contributed by atoms with Gasteiger partial charge in [-0.2, -0.15) is 0 Å². The Morgan fingerprint density at radius 1 is 1.07 bits per heavy atom. The van der Waals surface area contributed by atoms with Gasteiger partial charge in [0.05, 0.1) is 19.9 Å². The highest BCUT2D eigenvalue weighted by Gasteiger charge is 2.23. The van der Waals surface area contributed by atoms with Gasteiger partial charge in [0.2, 0.25) is 11.8 Å². The summed E-state index contributed by atoms with van der Waals surface area (Å²) in [6, 6.07) is 13.1. The molecule has 3 rings (SSSR count). The Morgan fingerprint density at radius 3 is 2.54 bits per heavy atom. The van der Waals surface area contributed by atoms with Crippen LogP contribution in [0, 0.1) is 0 Å². The lowest BCUT2D eigenvalue weighted by molar-refractivity contribution is -0.119. The molecule has 1 aliphatic rings. The molecule has 1 heterocycles. The fourth-order valence-corrected chi connectivity index (χ4v) is 3.31. The standard InChI is InChI=1S/C22H26N2O4/c1-27-18-10-6-16(7-11-18)8-13-21(25)23-17-9-12-20(28-2)19(15-17)24-14-4-3-5-22(24)26/h6-7,9-12,15H,3-5,8,13-14H2,1-2H3,(H,23,25). The van der Waals surface area contributed by atoms with Crippen molar-refractivity contribution >= 4 is 23.2 Å². The molecular weight excluding hydrogens is 356 g/mol. The Labute approximate surface area is 165 Å². The van der Waals surface area contributed by atoms with Crippen LogP contribution in [0.15, 0.2) is 42.5 Å². The second kappa shape index (κ2) is 9.26. The number of rotatable bonds is 7. The molecule has 0 aliphatic carbocycles. The van der Waals surface area contributed by atoms with Crippen molar-refractivity contribution < 1.29 is 19.1 Å². The number of nitrogens with zero attached hydrogens (tertiary/aromatic N) is 1. The molecule has 2 amide bonds. The van der Waals surface area contributed by atoms with E-state index in [1.54, 1.807) is 31.3 Å². The van der Waals surface area contributed by atoms with Crippen LogP contribution in [0.1, 0.15) is 31.2 Å². The van der Waals surface area contributed by atoms with Crippen LogP contribution < -0.4 is 19.7 Å². The molecule has 2 aromatic rings. The van der Waals surface area contributed by atoms with Crippen LogP contribution in [0.5, 0.6) is 11.5 Å². The van der Waals surface area contributed by atoms with Crippen molar-refractivity contribution in [2.24, 2.45) is 0 Å². The van der Waals surface area contributed by atoms with Crippen LogP contribution >= 0.6 is 0 Å². The van der Waals surface area contributed by atoms with Crippen LogP contribution in [-0.2, 0) is 16.0 Å². The second-order valence-corrected chi connectivity index (χ2v) is 6.79. The third-order valence-electron chi connectivity index (χ3n) is 4.88. The van der Waals surface area contributed by atoms with Gasteiger partial charge in [-0.15, -0.1) is 0 Å². The van der Waals surface area contributed by atoms with Crippen molar-refractivity contribution in [3.05, 3.63) is 48.0 Å². The first-order valence-corrected chi connectivity index (χ1v) is 9.52. The fraction of sp³-hybridized carbons (Fsp3) is 0.364. The molecule has 0 unspecified atom stereocenters. The summed E-state index contributed by atoms with van der Waals surface area (Å²) in [5.74, 6) is 1.45. The number of ether oxygens (including phenoxy) is 2. The number of hydrogen-bond acceptors (Lipinski definition) is 4. The summed E-state index contributed by atoms with van der Waals surface area (Å²) in [4.78, 5) is 26.4. The molecule has 0 spiro atoms. The van der Waals surface area contributed by atoms with E-state index in [0.29, 0.717) is 42.9 Å². The summed E-state index contributed by atoms with van der Waals surface area (Å²) in [5, 5.41) is 2.92. The molecule has 1 N–H and O–H groups in total. The van der Waals surface area contributed by atoms with Gasteiger partial charge in [0.1, 0.15) is 11.5 Å². The van der Waals surface area contributed by atoms with Crippen molar-refractivity contribution in [2.75, 3.05) is 31.0 Å². The van der Waals surface area contributed by atoms with Crippen molar-refractivity contribution in [1.82, 2.24) is 0 Å². The lowest BCUT2D eigenvalue weighted by Crippen LogP contribution is -2.35. The third kappa shape index (κ3) is 4.82. The summed E-state index contributed by atoms with van der Waals surface area (Å²) < 4.78 is 10.6. The predicted molar refractivity (Wildman–Crippen MR) is 109 cm³/mol. The molecule has 0 aromatic heterocycles. The van der Waals surface area contributed by atoms with Crippen LogP contribution in [0.25, 0.3) is 0 Å². The van der Waals surface area contributed by atoms with Crippen LogP contribution in [0.2, 0.25) is 0 Å². The van der Waals surface area contributed by atoms with Crippen molar-refractivity contribution in [3.8, 4) is 11.5 Å². The van der Waals surface area contributed by atoms with E-state index in [4.69, 9.17) is 9.47 Å². The molecule has 6 heteroatoms. The number of methoxy groups -OCH3 is 2. The van der Waals surface area contributed by atoms with Gasteiger partial charge in [-0.3, -0.25) is 9.59 Å². The smallest absolute Gasteiger partial charge is 0.227 e. The number of carbonyl (C=O) groups is 2. The Balaban J connectivity index is 1.65. The first-order valence-electron chi connectivity index (χ1n) is 9.52. The molecular formula is C22H26N2O4. The number of anilines is 2. The summed E-state index contributed by atoms with van der Waals surface area (Å²) in [6.45, 7) is 0.671. The van der Waals surface area contributed by atoms with E-state index in [9.17, 15) is 9.59 Å². The zero-order valence-electron chi connectivity index (χ0n) is 16.4. The molecule has 1 saturated heterocycles. The molecule has 0 bridgehead atoms. The second-order valence-electron chi connectivity index (χ2n) is 6.79. The predicted octanol–water partition coefficient (Wildman–Crippen LogP) is 3.79. The summed E-state index contributed by atoms with van der Waals surface area (Å²) >= 11 is 0. The third-order valence-corrected chi connectivity index (χ3v) is 4.88. The number of piperidine rings is 1. The summed E-state index contributed by atoms with van der Waals surface area (Å²) in [6.07, 6.45) is 3.44. The largest absolute Gasteiger partial charge is 0.497 e. The molecule has 1 aliphatic heterocycles. The molecule has 2 aromatic carbocycles. The van der Waals surface area contributed by atoms with E-state index >= 15 is 0 Å². The maximum Gasteiger partial charge on any atom is 0.227 e. The normalized spacial score (nSPS) is 13.9. The first-order chi connectivity index (χ1) is 13.6. The van der Waals surface area contributed by atoms with E-state index in [1.165, 1.54) is 0 Å². The molecule has 148 valence electrons. The number of nitrogens with one attached hydrogen (secondary N) is 1. The Bertz CT molecular complexity index is 833. The number of hydrogen-bond donors (Lipinski definition) is 1. The Kier molecular flexibility index (Phi) is 6.53. The molecule has 1 fully saturated rings. The van der Waals surface area contributed by atoms with Gasteiger partial charge in [-0.05, 0) is 55.2 Å².